The molecule has 0 saturated carbocycles. The SMILES string of the molecule is O=S(=O)(c1ccccc1)c1cc2cc3ccc(cc4nc(cc5nc(cc1[nH]2)C=C5)C=C4)[nH]3. The largest absolute Gasteiger partial charge is 0.355 e. The van der Waals surface area contributed by atoms with Gasteiger partial charge in [0.15, 0.2) is 0 Å². The van der Waals surface area contributed by atoms with Crippen molar-refractivity contribution in [1.29, 1.82) is 0 Å². The quantitative estimate of drug-likeness (QED) is 0.365. The Hall–Kier alpha value is -4.23. The zero-order valence-corrected chi connectivity index (χ0v) is 18.2. The van der Waals surface area contributed by atoms with Crippen molar-refractivity contribution >= 4 is 56.2 Å². The lowest BCUT2D eigenvalue weighted by atomic mass is 10.3. The summed E-state index contributed by atoms with van der Waals surface area (Å²) in [5.74, 6) is 0. The van der Waals surface area contributed by atoms with Gasteiger partial charge in [0.25, 0.3) is 0 Å². The lowest BCUT2D eigenvalue weighted by molar-refractivity contribution is 0.597. The zero-order valence-electron chi connectivity index (χ0n) is 17.4. The van der Waals surface area contributed by atoms with Gasteiger partial charge in [0.2, 0.25) is 9.84 Å². The van der Waals surface area contributed by atoms with Gasteiger partial charge in [-0.15, -0.1) is 0 Å². The van der Waals surface area contributed by atoms with Crippen LogP contribution in [0.4, 0.5) is 0 Å². The lowest BCUT2D eigenvalue weighted by Crippen LogP contribution is -2.00. The van der Waals surface area contributed by atoms with Gasteiger partial charge in [0, 0.05) is 16.6 Å². The number of aromatic nitrogens is 4. The Kier molecular flexibility index (Phi) is 4.38. The molecule has 0 unspecified atom stereocenters. The van der Waals surface area contributed by atoms with E-state index in [9.17, 15) is 8.42 Å². The highest BCUT2D eigenvalue weighted by Crippen LogP contribution is 2.27. The van der Waals surface area contributed by atoms with E-state index < -0.39 is 9.84 Å². The molecule has 0 amide bonds. The van der Waals surface area contributed by atoms with E-state index in [0.717, 1.165) is 28.1 Å². The molecule has 33 heavy (non-hydrogen) atoms. The molecule has 0 radical (unpaired) electrons. The summed E-state index contributed by atoms with van der Waals surface area (Å²) in [7, 11) is -3.73. The molecule has 0 atom stereocenters. The van der Waals surface area contributed by atoms with Crippen LogP contribution in [0.5, 0.6) is 0 Å². The van der Waals surface area contributed by atoms with Gasteiger partial charge in [-0.1, -0.05) is 18.2 Å². The number of hydrogen-bond acceptors (Lipinski definition) is 4. The zero-order chi connectivity index (χ0) is 22.4. The average Bonchev–Trinajstić information content (AvgIpc) is 3.59. The first kappa shape index (κ1) is 19.5. The number of nitrogens with zero attached hydrogens (tertiary/aromatic N) is 2. The molecule has 4 aromatic rings. The van der Waals surface area contributed by atoms with Crippen molar-refractivity contribution in [1.82, 2.24) is 19.9 Å². The summed E-state index contributed by atoms with van der Waals surface area (Å²) < 4.78 is 26.9. The topological polar surface area (TPSA) is 91.5 Å². The highest BCUT2D eigenvalue weighted by atomic mass is 32.2. The lowest BCUT2D eigenvalue weighted by Gasteiger charge is -2.02. The smallest absolute Gasteiger partial charge is 0.208 e. The molecule has 2 aliphatic rings. The number of H-pyrrole nitrogens is 2. The Morgan fingerprint density at radius 2 is 1.18 bits per heavy atom. The molecule has 160 valence electrons. The number of sulfone groups is 1. The van der Waals surface area contributed by atoms with Crippen molar-refractivity contribution in [2.24, 2.45) is 0 Å². The van der Waals surface area contributed by atoms with E-state index in [1.165, 1.54) is 0 Å². The summed E-state index contributed by atoms with van der Waals surface area (Å²) in [6.07, 6.45) is 7.65. The number of rotatable bonds is 2. The standard InChI is InChI=1S/C26H18N4O2S/c31-33(32,24-4-2-1-3-5-24)26-16-23-14-21-9-8-19(28-21)12-17-6-7-18(27-17)13-20-10-11-22(29-20)15-25(26)30-23/h1-16,28,30H. The van der Waals surface area contributed by atoms with Crippen molar-refractivity contribution in [3.05, 3.63) is 95.6 Å². The molecule has 0 fully saturated rings. The minimum absolute atomic E-state index is 0.207. The second-order valence-corrected chi connectivity index (χ2v) is 9.77. The summed E-state index contributed by atoms with van der Waals surface area (Å²) in [5, 5.41) is 0. The fourth-order valence-electron chi connectivity index (χ4n) is 3.94. The van der Waals surface area contributed by atoms with Gasteiger partial charge in [-0.2, -0.15) is 0 Å². The Morgan fingerprint density at radius 1 is 0.576 bits per heavy atom. The normalized spacial score (nSPS) is 12.8. The minimum atomic E-state index is -3.73. The van der Waals surface area contributed by atoms with E-state index in [1.807, 2.05) is 54.6 Å². The molecular weight excluding hydrogens is 432 g/mol. The van der Waals surface area contributed by atoms with Crippen LogP contribution in [0.3, 0.4) is 0 Å². The Morgan fingerprint density at radius 3 is 1.88 bits per heavy atom. The van der Waals surface area contributed by atoms with Gasteiger partial charge in [0.05, 0.1) is 38.1 Å². The van der Waals surface area contributed by atoms with Gasteiger partial charge in [0.1, 0.15) is 0 Å². The van der Waals surface area contributed by atoms with E-state index in [0.29, 0.717) is 16.7 Å². The van der Waals surface area contributed by atoms with E-state index in [1.54, 1.807) is 42.5 Å². The second kappa shape index (κ2) is 7.43. The Balaban J connectivity index is 1.68. The molecule has 0 saturated heterocycles. The first-order chi connectivity index (χ1) is 16.0. The molecule has 0 spiro atoms. The molecule has 7 heteroatoms. The van der Waals surface area contributed by atoms with Crippen LogP contribution in [0, 0.1) is 0 Å². The van der Waals surface area contributed by atoms with Gasteiger partial charge < -0.3 is 9.97 Å². The van der Waals surface area contributed by atoms with Gasteiger partial charge >= 0.3 is 0 Å². The molecule has 0 aliphatic carbocycles. The van der Waals surface area contributed by atoms with Crippen LogP contribution in [0.1, 0.15) is 22.8 Å². The summed E-state index contributed by atoms with van der Waals surface area (Å²) >= 11 is 0. The predicted molar refractivity (Wildman–Crippen MR) is 131 cm³/mol. The summed E-state index contributed by atoms with van der Waals surface area (Å²) in [4.78, 5) is 16.3. The molecule has 6 rings (SSSR count). The number of aromatic amines is 2. The van der Waals surface area contributed by atoms with E-state index in [2.05, 4.69) is 19.9 Å². The summed E-state index contributed by atoms with van der Waals surface area (Å²) in [6.45, 7) is 0. The third-order valence-corrected chi connectivity index (χ3v) is 7.28. The van der Waals surface area contributed by atoms with Crippen LogP contribution in [0.2, 0.25) is 0 Å². The van der Waals surface area contributed by atoms with Crippen LogP contribution in [0.25, 0.3) is 46.4 Å². The first-order valence-electron chi connectivity index (χ1n) is 10.4. The van der Waals surface area contributed by atoms with Crippen molar-refractivity contribution in [2.75, 3.05) is 0 Å². The molecule has 8 bridgehead atoms. The van der Waals surface area contributed by atoms with E-state index in [-0.39, 0.29) is 9.79 Å². The van der Waals surface area contributed by atoms with Gasteiger partial charge in [-0.25, -0.2) is 18.4 Å². The van der Waals surface area contributed by atoms with Crippen LogP contribution in [-0.4, -0.2) is 28.4 Å². The molecular formula is C26H18N4O2S. The fraction of sp³-hybridized carbons (Fsp3) is 0. The fourth-order valence-corrected chi connectivity index (χ4v) is 5.39. The Labute approximate surface area is 189 Å². The predicted octanol–water partition coefficient (Wildman–Crippen LogP) is 5.49. The molecule has 5 heterocycles. The van der Waals surface area contributed by atoms with Crippen LogP contribution in [-0.2, 0) is 9.84 Å². The molecule has 2 aliphatic heterocycles. The highest BCUT2D eigenvalue weighted by Gasteiger charge is 2.21. The van der Waals surface area contributed by atoms with Crippen LogP contribution >= 0.6 is 0 Å². The van der Waals surface area contributed by atoms with Crippen molar-refractivity contribution < 1.29 is 8.42 Å². The van der Waals surface area contributed by atoms with Crippen molar-refractivity contribution in [3.63, 3.8) is 0 Å². The maximum Gasteiger partial charge on any atom is 0.208 e. The molecule has 1 aromatic carbocycles. The summed E-state index contributed by atoms with van der Waals surface area (Å²) in [5.41, 5.74) is 5.97. The highest BCUT2D eigenvalue weighted by molar-refractivity contribution is 7.91. The maximum absolute atomic E-state index is 13.4. The average molecular weight is 451 g/mol. The third kappa shape index (κ3) is 3.68. The van der Waals surface area contributed by atoms with Crippen molar-refractivity contribution in [2.45, 2.75) is 9.79 Å². The second-order valence-electron chi connectivity index (χ2n) is 7.86. The van der Waals surface area contributed by atoms with Crippen LogP contribution < -0.4 is 0 Å². The maximum atomic E-state index is 13.4. The number of fused-ring (bicyclic) bond motifs is 8. The first-order valence-corrected chi connectivity index (χ1v) is 11.9. The van der Waals surface area contributed by atoms with Crippen molar-refractivity contribution in [3.8, 4) is 0 Å². The minimum Gasteiger partial charge on any atom is -0.355 e. The number of benzene rings is 1. The van der Waals surface area contributed by atoms with Crippen LogP contribution in [0.15, 0.2) is 82.6 Å². The molecule has 6 nitrogen and oxygen atoms in total. The van der Waals surface area contributed by atoms with Gasteiger partial charge in [-0.05, 0) is 78.9 Å². The van der Waals surface area contributed by atoms with Gasteiger partial charge in [-0.3, -0.25) is 0 Å². The van der Waals surface area contributed by atoms with E-state index in [4.69, 9.17) is 0 Å². The Bertz CT molecular complexity index is 1730. The van der Waals surface area contributed by atoms with E-state index >= 15 is 0 Å². The molecule has 2 N–H and O–H groups in total. The third-order valence-electron chi connectivity index (χ3n) is 5.47. The number of hydrogen-bond donors (Lipinski definition) is 2. The summed E-state index contributed by atoms with van der Waals surface area (Å²) in [6, 6.07) is 21.5. The monoisotopic (exact) mass is 450 g/mol. The number of nitrogens with one attached hydrogen (secondary N) is 2. The molecule has 3 aromatic heterocycles.